The Labute approximate surface area is 82.5 Å². The lowest BCUT2D eigenvalue weighted by Gasteiger charge is -2.18. The Morgan fingerprint density at radius 3 is 2.54 bits per heavy atom. The SMILES string of the molecule is OC(CF)CN1CC2CSCC2C1. The average molecular weight is 205 g/mol. The average Bonchev–Trinajstić information content (AvgIpc) is 2.63. The van der Waals surface area contributed by atoms with Gasteiger partial charge < -0.3 is 10.0 Å². The molecular formula is C9H16FNOS. The van der Waals surface area contributed by atoms with E-state index in [0.29, 0.717) is 6.54 Å². The van der Waals surface area contributed by atoms with E-state index in [-0.39, 0.29) is 0 Å². The molecule has 2 fully saturated rings. The van der Waals surface area contributed by atoms with Crippen LogP contribution in [0.4, 0.5) is 4.39 Å². The van der Waals surface area contributed by atoms with Crippen molar-refractivity contribution in [2.75, 3.05) is 37.8 Å². The van der Waals surface area contributed by atoms with E-state index in [1.807, 2.05) is 11.8 Å². The van der Waals surface area contributed by atoms with Crippen LogP contribution < -0.4 is 0 Å². The molecule has 0 radical (unpaired) electrons. The summed E-state index contributed by atoms with van der Waals surface area (Å²) in [5, 5.41) is 9.16. The monoisotopic (exact) mass is 205 g/mol. The number of halogens is 1. The maximum absolute atomic E-state index is 12.0. The summed E-state index contributed by atoms with van der Waals surface area (Å²) in [6.07, 6.45) is -0.772. The highest BCUT2D eigenvalue weighted by atomic mass is 32.2. The lowest BCUT2D eigenvalue weighted by molar-refractivity contribution is 0.0975. The van der Waals surface area contributed by atoms with Crippen LogP contribution in [0.15, 0.2) is 0 Å². The summed E-state index contributed by atoms with van der Waals surface area (Å²) in [5.41, 5.74) is 0. The number of alkyl halides is 1. The van der Waals surface area contributed by atoms with Gasteiger partial charge in [-0.3, -0.25) is 0 Å². The van der Waals surface area contributed by atoms with E-state index in [1.54, 1.807) is 0 Å². The first-order valence-electron chi connectivity index (χ1n) is 4.83. The largest absolute Gasteiger partial charge is 0.389 e. The smallest absolute Gasteiger partial charge is 0.117 e. The number of hydrogen-bond donors (Lipinski definition) is 1. The summed E-state index contributed by atoms with van der Waals surface area (Å²) < 4.78 is 12.0. The quantitative estimate of drug-likeness (QED) is 0.730. The fourth-order valence-corrected chi connectivity index (χ4v) is 3.78. The minimum Gasteiger partial charge on any atom is -0.389 e. The van der Waals surface area contributed by atoms with Crippen LogP contribution >= 0.6 is 11.8 Å². The summed E-state index contributed by atoms with van der Waals surface area (Å²) in [6, 6.07) is 0. The lowest BCUT2D eigenvalue weighted by Crippen LogP contribution is -2.32. The molecule has 0 saturated carbocycles. The van der Waals surface area contributed by atoms with Crippen LogP contribution in [-0.2, 0) is 0 Å². The number of fused-ring (bicyclic) bond motifs is 1. The lowest BCUT2D eigenvalue weighted by atomic mass is 10.0. The molecule has 0 amide bonds. The number of nitrogens with zero attached hydrogens (tertiary/aromatic N) is 1. The molecule has 2 saturated heterocycles. The minimum absolute atomic E-state index is 0.522. The van der Waals surface area contributed by atoms with Crippen LogP contribution in [0.5, 0.6) is 0 Å². The summed E-state index contributed by atoms with van der Waals surface area (Å²) in [7, 11) is 0. The molecule has 0 spiro atoms. The van der Waals surface area contributed by atoms with Gasteiger partial charge in [0, 0.05) is 19.6 Å². The van der Waals surface area contributed by atoms with Crippen molar-refractivity contribution in [1.82, 2.24) is 4.90 Å². The molecule has 0 bridgehead atoms. The molecule has 3 unspecified atom stereocenters. The molecule has 1 N–H and O–H groups in total. The van der Waals surface area contributed by atoms with Crippen LogP contribution in [0.3, 0.4) is 0 Å². The predicted octanol–water partition coefficient (Wildman–Crippen LogP) is 0.612. The number of rotatable bonds is 3. The highest BCUT2D eigenvalue weighted by Gasteiger charge is 2.36. The van der Waals surface area contributed by atoms with Crippen LogP contribution in [0, 0.1) is 11.8 Å². The maximum Gasteiger partial charge on any atom is 0.117 e. The number of aliphatic hydroxyl groups excluding tert-OH is 1. The van der Waals surface area contributed by atoms with Gasteiger partial charge in [0.15, 0.2) is 0 Å². The Morgan fingerprint density at radius 1 is 1.38 bits per heavy atom. The molecule has 2 nitrogen and oxygen atoms in total. The van der Waals surface area contributed by atoms with E-state index in [4.69, 9.17) is 5.11 Å². The molecule has 2 rings (SSSR count). The van der Waals surface area contributed by atoms with Crippen molar-refractivity contribution in [3.05, 3.63) is 0 Å². The first kappa shape index (κ1) is 9.74. The minimum atomic E-state index is -0.772. The first-order chi connectivity index (χ1) is 6.29. The Hall–Kier alpha value is 0.200. The maximum atomic E-state index is 12.0. The van der Waals surface area contributed by atoms with Crippen LogP contribution in [0.2, 0.25) is 0 Å². The van der Waals surface area contributed by atoms with Gasteiger partial charge in [-0.25, -0.2) is 4.39 Å². The van der Waals surface area contributed by atoms with Crippen molar-refractivity contribution in [2.45, 2.75) is 6.10 Å². The number of thioether (sulfide) groups is 1. The van der Waals surface area contributed by atoms with Crippen molar-refractivity contribution < 1.29 is 9.50 Å². The Morgan fingerprint density at radius 2 is 2.00 bits per heavy atom. The molecule has 0 aliphatic carbocycles. The summed E-state index contributed by atoms with van der Waals surface area (Å²) in [5.74, 6) is 4.12. The van der Waals surface area contributed by atoms with Gasteiger partial charge in [0.2, 0.25) is 0 Å². The fourth-order valence-electron chi connectivity index (χ4n) is 2.28. The molecule has 0 aromatic heterocycles. The molecule has 3 atom stereocenters. The third kappa shape index (κ3) is 2.17. The van der Waals surface area contributed by atoms with Crippen LogP contribution in [0.1, 0.15) is 0 Å². The van der Waals surface area contributed by atoms with Crippen LogP contribution in [0.25, 0.3) is 0 Å². The summed E-state index contributed by atoms with van der Waals surface area (Å²) >= 11 is 2.03. The van der Waals surface area contributed by atoms with E-state index in [1.165, 1.54) is 11.5 Å². The highest BCUT2D eigenvalue weighted by Crippen LogP contribution is 2.35. The van der Waals surface area contributed by atoms with Crippen molar-refractivity contribution in [3.8, 4) is 0 Å². The molecule has 4 heteroatoms. The number of β-amino-alcohol motifs (C(OH)–C–C–N with tert-alkyl or cyclic N) is 1. The number of hydrogen-bond acceptors (Lipinski definition) is 3. The summed E-state index contributed by atoms with van der Waals surface area (Å²) in [6.45, 7) is 2.04. The zero-order chi connectivity index (χ0) is 9.26. The molecule has 76 valence electrons. The van der Waals surface area contributed by atoms with E-state index in [9.17, 15) is 4.39 Å². The molecular weight excluding hydrogens is 189 g/mol. The third-order valence-electron chi connectivity index (χ3n) is 2.96. The molecule has 2 aliphatic heterocycles. The normalized spacial score (nSPS) is 36.5. The van der Waals surface area contributed by atoms with Gasteiger partial charge in [-0.15, -0.1) is 0 Å². The molecule has 0 aromatic rings. The molecule has 2 aliphatic rings. The van der Waals surface area contributed by atoms with Crippen LogP contribution in [-0.4, -0.2) is 53.9 Å². The van der Waals surface area contributed by atoms with Gasteiger partial charge in [0.1, 0.15) is 6.67 Å². The first-order valence-corrected chi connectivity index (χ1v) is 5.99. The topological polar surface area (TPSA) is 23.5 Å². The standard InChI is InChI=1S/C9H16FNOS/c10-1-9(12)4-11-2-7-5-13-6-8(7)3-11/h7-9,12H,1-6H2. The Balaban J connectivity index is 1.78. The van der Waals surface area contributed by atoms with E-state index in [0.717, 1.165) is 24.9 Å². The Kier molecular flexibility index (Phi) is 3.11. The molecule has 2 heterocycles. The van der Waals surface area contributed by atoms with Gasteiger partial charge in [0.25, 0.3) is 0 Å². The second kappa shape index (κ2) is 4.15. The van der Waals surface area contributed by atoms with Gasteiger partial charge >= 0.3 is 0 Å². The van der Waals surface area contributed by atoms with Crippen molar-refractivity contribution in [2.24, 2.45) is 11.8 Å². The van der Waals surface area contributed by atoms with Crippen molar-refractivity contribution in [1.29, 1.82) is 0 Å². The number of likely N-dealkylation sites (tertiary alicyclic amines) is 1. The second-order valence-corrected chi connectivity index (χ2v) is 5.16. The van der Waals surface area contributed by atoms with Crippen molar-refractivity contribution >= 4 is 11.8 Å². The Bertz CT molecular complexity index is 166. The highest BCUT2D eigenvalue weighted by molar-refractivity contribution is 7.99. The van der Waals surface area contributed by atoms with Gasteiger partial charge in [-0.2, -0.15) is 11.8 Å². The van der Waals surface area contributed by atoms with E-state index in [2.05, 4.69) is 4.90 Å². The summed E-state index contributed by atoms with van der Waals surface area (Å²) in [4.78, 5) is 2.21. The molecule has 0 aromatic carbocycles. The van der Waals surface area contributed by atoms with Crippen molar-refractivity contribution in [3.63, 3.8) is 0 Å². The third-order valence-corrected chi connectivity index (χ3v) is 4.29. The fraction of sp³-hybridized carbons (Fsp3) is 1.00. The zero-order valence-electron chi connectivity index (χ0n) is 7.66. The number of aliphatic hydroxyl groups is 1. The van der Waals surface area contributed by atoms with E-state index >= 15 is 0 Å². The molecule has 13 heavy (non-hydrogen) atoms. The second-order valence-electron chi connectivity index (χ2n) is 4.08. The van der Waals surface area contributed by atoms with Gasteiger partial charge in [-0.05, 0) is 23.3 Å². The van der Waals surface area contributed by atoms with E-state index < -0.39 is 12.8 Å². The van der Waals surface area contributed by atoms with Gasteiger partial charge in [-0.1, -0.05) is 0 Å². The predicted molar refractivity (Wildman–Crippen MR) is 52.7 cm³/mol. The zero-order valence-corrected chi connectivity index (χ0v) is 8.47. The van der Waals surface area contributed by atoms with Gasteiger partial charge in [0.05, 0.1) is 6.10 Å².